The molecule has 0 saturated carbocycles. The first-order valence-corrected chi connectivity index (χ1v) is 5.86. The maximum Gasteiger partial charge on any atom is 0.177 e. The van der Waals surface area contributed by atoms with Crippen LogP contribution in [0.25, 0.3) is 16.6 Å². The summed E-state index contributed by atoms with van der Waals surface area (Å²) in [4.78, 5) is 3.92. The third kappa shape index (κ3) is 1.60. The van der Waals surface area contributed by atoms with Gasteiger partial charge in [0.05, 0.1) is 5.69 Å². The van der Waals surface area contributed by atoms with Gasteiger partial charge in [0.25, 0.3) is 0 Å². The van der Waals surface area contributed by atoms with E-state index >= 15 is 0 Å². The maximum absolute atomic E-state index is 9.20. The molecule has 0 amide bonds. The highest BCUT2D eigenvalue weighted by molar-refractivity contribution is 5.90. The average Bonchev–Trinajstić information content (AvgIpc) is 2.90. The molecule has 2 aromatic heterocycles. The normalized spacial score (nSPS) is 10.2. The molecule has 2 heterocycles. The number of aryl methyl sites for hydroxylation is 1. The van der Waals surface area contributed by atoms with E-state index in [0.29, 0.717) is 5.82 Å². The molecule has 6 heteroatoms. The summed E-state index contributed by atoms with van der Waals surface area (Å²) in [5, 5.41) is 28.2. The van der Waals surface area contributed by atoms with Crippen LogP contribution in [0.15, 0.2) is 30.6 Å². The van der Waals surface area contributed by atoms with E-state index in [0.717, 1.165) is 16.5 Å². The molecule has 3 aromatic rings. The Balaban J connectivity index is 2.38. The van der Waals surface area contributed by atoms with Crippen molar-refractivity contribution in [3.8, 4) is 18.0 Å². The summed E-state index contributed by atoms with van der Waals surface area (Å²) in [7, 11) is 0. The number of rotatable bonds is 1. The van der Waals surface area contributed by atoms with Crippen LogP contribution in [0.3, 0.4) is 0 Å². The van der Waals surface area contributed by atoms with Crippen LogP contribution < -0.4 is 0 Å². The number of hydrogen-bond acceptors (Lipinski definition) is 5. The molecular formula is C14H8N6. The zero-order valence-corrected chi connectivity index (χ0v) is 10.6. The molecule has 0 spiro atoms. The third-order valence-electron chi connectivity index (χ3n) is 3.06. The van der Waals surface area contributed by atoms with E-state index < -0.39 is 0 Å². The molecule has 0 unspecified atom stereocenters. The Labute approximate surface area is 114 Å². The van der Waals surface area contributed by atoms with Crippen molar-refractivity contribution < 1.29 is 0 Å². The van der Waals surface area contributed by atoms with Gasteiger partial charge < -0.3 is 0 Å². The van der Waals surface area contributed by atoms with E-state index in [1.165, 1.54) is 10.9 Å². The Morgan fingerprint density at radius 1 is 1.05 bits per heavy atom. The lowest BCUT2D eigenvalue weighted by molar-refractivity contribution is 0.902. The number of benzene rings is 1. The molecule has 0 fully saturated rings. The molecule has 1 aromatic carbocycles. The van der Waals surface area contributed by atoms with Gasteiger partial charge in [-0.15, -0.1) is 5.10 Å². The summed E-state index contributed by atoms with van der Waals surface area (Å²) in [6.07, 6.45) is 1.42. The quantitative estimate of drug-likeness (QED) is 0.666. The molecule has 6 nitrogen and oxygen atoms in total. The second-order valence-corrected chi connectivity index (χ2v) is 4.19. The van der Waals surface area contributed by atoms with E-state index in [1.807, 2.05) is 43.3 Å². The van der Waals surface area contributed by atoms with E-state index in [1.54, 1.807) is 0 Å². The number of nitrogens with zero attached hydrogens (tertiary/aromatic N) is 6. The molecule has 0 saturated heterocycles. The van der Waals surface area contributed by atoms with E-state index in [4.69, 9.17) is 5.26 Å². The fraction of sp³-hybridized carbons (Fsp3) is 0.0714. The smallest absolute Gasteiger partial charge is 0.177 e. The van der Waals surface area contributed by atoms with Gasteiger partial charge in [0.1, 0.15) is 18.5 Å². The number of imidazole rings is 1. The molecule has 0 atom stereocenters. The Hall–Kier alpha value is -3.25. The molecule has 20 heavy (non-hydrogen) atoms. The van der Waals surface area contributed by atoms with Crippen LogP contribution in [0.2, 0.25) is 0 Å². The van der Waals surface area contributed by atoms with Crippen molar-refractivity contribution in [2.75, 3.05) is 0 Å². The number of fused-ring (bicyclic) bond motifs is 1. The Kier molecular flexibility index (Phi) is 2.63. The van der Waals surface area contributed by atoms with E-state index in [9.17, 15) is 5.26 Å². The van der Waals surface area contributed by atoms with E-state index in [2.05, 4.69) is 15.2 Å². The Morgan fingerprint density at radius 3 is 2.50 bits per heavy atom. The van der Waals surface area contributed by atoms with Crippen LogP contribution in [-0.4, -0.2) is 19.7 Å². The fourth-order valence-electron chi connectivity index (χ4n) is 2.10. The average molecular weight is 260 g/mol. The van der Waals surface area contributed by atoms with Crippen molar-refractivity contribution in [2.24, 2.45) is 0 Å². The lowest BCUT2D eigenvalue weighted by Crippen LogP contribution is -2.03. The molecule has 3 rings (SSSR count). The lowest BCUT2D eigenvalue weighted by atomic mass is 10.1. The largest absolute Gasteiger partial charge is 0.271 e. The summed E-state index contributed by atoms with van der Waals surface area (Å²) >= 11 is 0. The molecule has 0 aliphatic carbocycles. The predicted molar refractivity (Wildman–Crippen MR) is 70.8 cm³/mol. The summed E-state index contributed by atoms with van der Waals surface area (Å²) in [6.45, 7) is 1.87. The van der Waals surface area contributed by atoms with Gasteiger partial charge in [0, 0.05) is 10.8 Å². The molecule has 0 radical (unpaired) electrons. The monoisotopic (exact) mass is 260 g/mol. The lowest BCUT2D eigenvalue weighted by Gasteiger charge is -2.07. The minimum absolute atomic E-state index is 0.0824. The van der Waals surface area contributed by atoms with Gasteiger partial charge in [0.2, 0.25) is 0 Å². The van der Waals surface area contributed by atoms with Gasteiger partial charge in [-0.05, 0) is 6.92 Å². The van der Waals surface area contributed by atoms with Gasteiger partial charge in [-0.3, -0.25) is 4.57 Å². The summed E-state index contributed by atoms with van der Waals surface area (Å²) in [5.41, 5.74) is 1.05. The van der Waals surface area contributed by atoms with Gasteiger partial charge in [-0.1, -0.05) is 24.3 Å². The van der Waals surface area contributed by atoms with Crippen LogP contribution in [0.1, 0.15) is 17.1 Å². The standard InChI is InChI=1S/C14H8N6/c1-9-10-4-2-3-5-11(10)14(19-18-9)20-8-17-12(6-15)13(20)7-16/h2-5,8H,1H3. The van der Waals surface area contributed by atoms with Crippen molar-refractivity contribution in [1.29, 1.82) is 10.5 Å². The number of aromatic nitrogens is 4. The van der Waals surface area contributed by atoms with Crippen molar-refractivity contribution in [3.63, 3.8) is 0 Å². The molecule has 0 N–H and O–H groups in total. The van der Waals surface area contributed by atoms with E-state index in [-0.39, 0.29) is 11.4 Å². The third-order valence-corrected chi connectivity index (χ3v) is 3.06. The number of nitriles is 2. The first-order chi connectivity index (χ1) is 9.76. The van der Waals surface area contributed by atoms with Crippen molar-refractivity contribution >= 4 is 10.8 Å². The molecule has 0 bridgehead atoms. The fourth-order valence-corrected chi connectivity index (χ4v) is 2.10. The van der Waals surface area contributed by atoms with Crippen LogP contribution in [0.4, 0.5) is 0 Å². The van der Waals surface area contributed by atoms with Crippen LogP contribution >= 0.6 is 0 Å². The van der Waals surface area contributed by atoms with Gasteiger partial charge in [0.15, 0.2) is 17.2 Å². The Bertz CT molecular complexity index is 894. The summed E-state index contributed by atoms with van der Waals surface area (Å²) in [5.74, 6) is 0.497. The number of hydrogen-bond donors (Lipinski definition) is 0. The highest BCUT2D eigenvalue weighted by Gasteiger charge is 2.15. The topological polar surface area (TPSA) is 91.2 Å². The molecule has 0 aliphatic heterocycles. The van der Waals surface area contributed by atoms with Crippen LogP contribution in [-0.2, 0) is 0 Å². The second-order valence-electron chi connectivity index (χ2n) is 4.19. The van der Waals surface area contributed by atoms with Crippen LogP contribution in [0.5, 0.6) is 0 Å². The zero-order valence-electron chi connectivity index (χ0n) is 10.6. The van der Waals surface area contributed by atoms with Gasteiger partial charge in [-0.2, -0.15) is 15.6 Å². The minimum Gasteiger partial charge on any atom is -0.271 e. The van der Waals surface area contributed by atoms with Crippen LogP contribution in [0, 0.1) is 29.6 Å². The van der Waals surface area contributed by atoms with Crippen molar-refractivity contribution in [1.82, 2.24) is 19.7 Å². The highest BCUT2D eigenvalue weighted by Crippen LogP contribution is 2.23. The van der Waals surface area contributed by atoms with Crippen molar-refractivity contribution in [2.45, 2.75) is 6.92 Å². The zero-order chi connectivity index (χ0) is 14.1. The van der Waals surface area contributed by atoms with Gasteiger partial charge in [-0.25, -0.2) is 4.98 Å². The first kappa shape index (κ1) is 11.8. The van der Waals surface area contributed by atoms with Gasteiger partial charge >= 0.3 is 0 Å². The molecular weight excluding hydrogens is 252 g/mol. The van der Waals surface area contributed by atoms with Crippen molar-refractivity contribution in [3.05, 3.63) is 47.7 Å². The SMILES string of the molecule is Cc1nnc(-n2cnc(C#N)c2C#N)c2ccccc12. The first-order valence-electron chi connectivity index (χ1n) is 5.86. The molecule has 94 valence electrons. The highest BCUT2D eigenvalue weighted by atomic mass is 15.2. The molecule has 0 aliphatic rings. The summed E-state index contributed by atoms with van der Waals surface area (Å²) in [6, 6.07) is 11.5. The maximum atomic E-state index is 9.20. The predicted octanol–water partition coefficient (Wildman–Crippen LogP) is 1.87. The summed E-state index contributed by atoms with van der Waals surface area (Å²) < 4.78 is 1.49. The minimum atomic E-state index is 0.0824. The Morgan fingerprint density at radius 2 is 1.80 bits per heavy atom. The second kappa shape index (κ2) is 4.45.